The number of aromatic hydroxyl groups is 1. The number of phenols is 1. The van der Waals surface area contributed by atoms with E-state index in [1.165, 1.54) is 12.1 Å². The molecular formula is C15H21ClN2O2. The van der Waals surface area contributed by atoms with Crippen molar-refractivity contribution >= 4 is 17.5 Å². The van der Waals surface area contributed by atoms with Gasteiger partial charge in [-0.3, -0.25) is 4.79 Å². The lowest BCUT2D eigenvalue weighted by atomic mass is 10.0. The molecule has 2 atom stereocenters. The normalized spacial score (nSPS) is 22.9. The standard InChI is InChI=1S/C15H21ClN2O2/c1-3-10-9-18(11(4-2)8-17-10)15(20)13-7-12(19)5-6-14(13)16/h5-7,10-11,17,19H,3-4,8-9H2,1-2H3. The number of hydrogen-bond acceptors (Lipinski definition) is 3. The Morgan fingerprint density at radius 2 is 2.20 bits per heavy atom. The van der Waals surface area contributed by atoms with Gasteiger partial charge in [0.15, 0.2) is 0 Å². The fourth-order valence-corrected chi connectivity index (χ4v) is 2.78. The van der Waals surface area contributed by atoms with Crippen molar-refractivity contribution in [1.82, 2.24) is 10.2 Å². The van der Waals surface area contributed by atoms with Gasteiger partial charge >= 0.3 is 0 Å². The van der Waals surface area contributed by atoms with Gasteiger partial charge in [-0.25, -0.2) is 0 Å². The van der Waals surface area contributed by atoms with Crippen LogP contribution in [0.4, 0.5) is 0 Å². The summed E-state index contributed by atoms with van der Waals surface area (Å²) in [4.78, 5) is 14.6. The minimum Gasteiger partial charge on any atom is -0.508 e. The minimum atomic E-state index is -0.0994. The maximum Gasteiger partial charge on any atom is 0.255 e. The molecule has 1 saturated heterocycles. The fourth-order valence-electron chi connectivity index (χ4n) is 2.58. The van der Waals surface area contributed by atoms with Crippen molar-refractivity contribution in [2.24, 2.45) is 0 Å². The number of carbonyl (C=O) groups is 1. The lowest BCUT2D eigenvalue weighted by molar-refractivity contribution is 0.0575. The molecule has 2 N–H and O–H groups in total. The molecule has 2 unspecified atom stereocenters. The molecule has 0 aromatic heterocycles. The summed E-state index contributed by atoms with van der Waals surface area (Å²) < 4.78 is 0. The third-order valence-electron chi connectivity index (χ3n) is 3.91. The second-order valence-corrected chi connectivity index (χ2v) is 5.60. The predicted octanol–water partition coefficient (Wildman–Crippen LogP) is 2.65. The highest BCUT2D eigenvalue weighted by Gasteiger charge is 2.31. The summed E-state index contributed by atoms with van der Waals surface area (Å²) in [6, 6.07) is 4.98. The molecule has 5 heteroatoms. The summed E-state index contributed by atoms with van der Waals surface area (Å²) in [6.07, 6.45) is 1.87. The molecule has 0 saturated carbocycles. The molecule has 1 aliphatic heterocycles. The van der Waals surface area contributed by atoms with Crippen molar-refractivity contribution in [2.75, 3.05) is 13.1 Å². The number of phenolic OH excluding ortho intramolecular Hbond substituents is 1. The number of hydrogen-bond donors (Lipinski definition) is 2. The second-order valence-electron chi connectivity index (χ2n) is 5.20. The molecule has 2 rings (SSSR count). The number of rotatable bonds is 3. The first-order chi connectivity index (χ1) is 9.56. The first-order valence-corrected chi connectivity index (χ1v) is 7.47. The molecule has 1 aromatic rings. The van der Waals surface area contributed by atoms with Gasteiger partial charge in [0.1, 0.15) is 5.75 Å². The van der Waals surface area contributed by atoms with Crippen LogP contribution in [0.5, 0.6) is 5.75 Å². The number of piperazine rings is 1. The van der Waals surface area contributed by atoms with Crippen molar-refractivity contribution in [3.63, 3.8) is 0 Å². The minimum absolute atomic E-state index is 0.0629. The summed E-state index contributed by atoms with van der Waals surface area (Å²) in [5.74, 6) is -0.0364. The van der Waals surface area contributed by atoms with E-state index in [0.29, 0.717) is 23.2 Å². The number of carbonyl (C=O) groups excluding carboxylic acids is 1. The van der Waals surface area contributed by atoms with E-state index in [-0.39, 0.29) is 17.7 Å². The van der Waals surface area contributed by atoms with Crippen LogP contribution in [0.2, 0.25) is 5.02 Å². The summed E-state index contributed by atoms with van der Waals surface area (Å²) in [6.45, 7) is 5.66. The molecule has 0 radical (unpaired) electrons. The van der Waals surface area contributed by atoms with Gasteiger partial charge in [-0.05, 0) is 31.0 Å². The maximum absolute atomic E-state index is 12.7. The molecule has 0 aliphatic carbocycles. The third-order valence-corrected chi connectivity index (χ3v) is 4.23. The quantitative estimate of drug-likeness (QED) is 0.901. The van der Waals surface area contributed by atoms with Gasteiger partial charge in [0.2, 0.25) is 0 Å². The number of nitrogens with zero attached hydrogens (tertiary/aromatic N) is 1. The highest BCUT2D eigenvalue weighted by atomic mass is 35.5. The zero-order valence-electron chi connectivity index (χ0n) is 11.9. The largest absolute Gasteiger partial charge is 0.508 e. The molecule has 1 aliphatic rings. The smallest absolute Gasteiger partial charge is 0.255 e. The van der Waals surface area contributed by atoms with Crippen LogP contribution in [-0.2, 0) is 0 Å². The van der Waals surface area contributed by atoms with Crippen molar-refractivity contribution in [3.8, 4) is 5.75 Å². The lowest BCUT2D eigenvalue weighted by Crippen LogP contribution is -2.57. The van der Waals surface area contributed by atoms with Crippen LogP contribution >= 0.6 is 11.6 Å². The Kier molecular flexibility index (Phi) is 4.89. The Bertz CT molecular complexity index is 493. The van der Waals surface area contributed by atoms with E-state index in [4.69, 9.17) is 11.6 Å². The monoisotopic (exact) mass is 296 g/mol. The molecule has 110 valence electrons. The van der Waals surface area contributed by atoms with E-state index in [0.717, 1.165) is 19.4 Å². The molecule has 1 amide bonds. The summed E-state index contributed by atoms with van der Waals surface area (Å²) in [7, 11) is 0. The average Bonchev–Trinajstić information content (AvgIpc) is 2.48. The number of halogens is 1. The predicted molar refractivity (Wildman–Crippen MR) is 80.3 cm³/mol. The molecule has 1 aromatic carbocycles. The van der Waals surface area contributed by atoms with Gasteiger partial charge in [-0.15, -0.1) is 0 Å². The fraction of sp³-hybridized carbons (Fsp3) is 0.533. The van der Waals surface area contributed by atoms with Crippen LogP contribution < -0.4 is 5.32 Å². The third kappa shape index (κ3) is 3.07. The van der Waals surface area contributed by atoms with Crippen LogP contribution in [0.25, 0.3) is 0 Å². The highest BCUT2D eigenvalue weighted by Crippen LogP contribution is 2.25. The van der Waals surface area contributed by atoms with Crippen LogP contribution in [0, 0.1) is 0 Å². The summed E-state index contributed by atoms with van der Waals surface area (Å²) >= 11 is 6.10. The lowest BCUT2D eigenvalue weighted by Gasteiger charge is -2.40. The Balaban J connectivity index is 2.26. The molecule has 20 heavy (non-hydrogen) atoms. The SMILES string of the molecule is CCC1CN(C(=O)c2cc(O)ccc2Cl)C(CC)CN1. The van der Waals surface area contributed by atoms with Gasteiger partial charge in [0.05, 0.1) is 10.6 Å². The number of benzene rings is 1. The maximum atomic E-state index is 12.7. The number of nitrogens with one attached hydrogen (secondary N) is 1. The van der Waals surface area contributed by atoms with Gasteiger partial charge in [0.25, 0.3) is 5.91 Å². The second kappa shape index (κ2) is 6.46. The van der Waals surface area contributed by atoms with Crippen LogP contribution in [0.1, 0.15) is 37.0 Å². The average molecular weight is 297 g/mol. The summed E-state index contributed by atoms with van der Waals surface area (Å²) in [5, 5.41) is 13.4. The number of amides is 1. The molecule has 4 nitrogen and oxygen atoms in total. The molecule has 0 bridgehead atoms. The molecular weight excluding hydrogens is 276 g/mol. The van der Waals surface area contributed by atoms with Gasteiger partial charge < -0.3 is 15.3 Å². The first-order valence-electron chi connectivity index (χ1n) is 7.09. The Hall–Kier alpha value is -1.26. The molecule has 1 heterocycles. The van der Waals surface area contributed by atoms with E-state index in [1.54, 1.807) is 6.07 Å². The van der Waals surface area contributed by atoms with Crippen molar-refractivity contribution in [3.05, 3.63) is 28.8 Å². The molecule has 0 spiro atoms. The van der Waals surface area contributed by atoms with Crippen molar-refractivity contribution in [1.29, 1.82) is 0 Å². The van der Waals surface area contributed by atoms with Crippen molar-refractivity contribution in [2.45, 2.75) is 38.8 Å². The highest BCUT2D eigenvalue weighted by molar-refractivity contribution is 6.33. The van der Waals surface area contributed by atoms with Crippen LogP contribution in [0.3, 0.4) is 0 Å². The van der Waals surface area contributed by atoms with Crippen LogP contribution in [0.15, 0.2) is 18.2 Å². The Morgan fingerprint density at radius 1 is 1.45 bits per heavy atom. The first kappa shape index (κ1) is 15.1. The zero-order valence-corrected chi connectivity index (χ0v) is 12.7. The van der Waals surface area contributed by atoms with Crippen LogP contribution in [-0.4, -0.2) is 41.1 Å². The van der Waals surface area contributed by atoms with E-state index < -0.39 is 0 Å². The zero-order chi connectivity index (χ0) is 14.7. The molecule has 1 fully saturated rings. The van der Waals surface area contributed by atoms with Gasteiger partial charge in [0, 0.05) is 25.2 Å². The topological polar surface area (TPSA) is 52.6 Å². The van der Waals surface area contributed by atoms with E-state index >= 15 is 0 Å². The Morgan fingerprint density at radius 3 is 2.85 bits per heavy atom. The van der Waals surface area contributed by atoms with E-state index in [9.17, 15) is 9.90 Å². The Labute approximate surface area is 124 Å². The van der Waals surface area contributed by atoms with Gasteiger partial charge in [-0.1, -0.05) is 25.4 Å². The van der Waals surface area contributed by atoms with E-state index in [1.807, 2.05) is 4.90 Å². The van der Waals surface area contributed by atoms with Crippen molar-refractivity contribution < 1.29 is 9.90 Å². The summed E-state index contributed by atoms with van der Waals surface area (Å²) in [5.41, 5.74) is 0.377. The van der Waals surface area contributed by atoms with Gasteiger partial charge in [-0.2, -0.15) is 0 Å². The van der Waals surface area contributed by atoms with E-state index in [2.05, 4.69) is 19.2 Å².